The molecule has 92 valence electrons. The predicted octanol–water partition coefficient (Wildman–Crippen LogP) is 2.15. The van der Waals surface area contributed by atoms with Crippen LogP contribution in [0.3, 0.4) is 0 Å². The summed E-state index contributed by atoms with van der Waals surface area (Å²) in [6, 6.07) is 5.26. The molecule has 1 aromatic carbocycles. The Kier molecular flexibility index (Phi) is 4.57. The van der Waals surface area contributed by atoms with Crippen molar-refractivity contribution in [3.8, 4) is 11.5 Å². The standard InChI is InChI=1S/C13H16O4/c1-5-10(13(14)17-4)9-6-7-11(15-2)12(8-9)16-3/h5-8,10H,1H2,2-4H3. The van der Waals surface area contributed by atoms with Gasteiger partial charge in [-0.25, -0.2) is 0 Å². The molecule has 17 heavy (non-hydrogen) atoms. The van der Waals surface area contributed by atoms with Crippen LogP contribution >= 0.6 is 0 Å². The Labute approximate surface area is 101 Å². The van der Waals surface area contributed by atoms with E-state index in [9.17, 15) is 4.79 Å². The normalized spacial score (nSPS) is 11.5. The van der Waals surface area contributed by atoms with Crippen LogP contribution in [-0.4, -0.2) is 27.3 Å². The number of rotatable bonds is 5. The van der Waals surface area contributed by atoms with Gasteiger partial charge in [0.15, 0.2) is 11.5 Å². The molecule has 1 rings (SSSR count). The fourth-order valence-corrected chi connectivity index (χ4v) is 1.54. The molecule has 0 saturated heterocycles. The van der Waals surface area contributed by atoms with Gasteiger partial charge in [0, 0.05) is 0 Å². The Hall–Kier alpha value is -1.97. The van der Waals surface area contributed by atoms with Crippen molar-refractivity contribution < 1.29 is 19.0 Å². The van der Waals surface area contributed by atoms with Crippen LogP contribution < -0.4 is 9.47 Å². The number of hydrogen-bond donors (Lipinski definition) is 0. The fraction of sp³-hybridized carbons (Fsp3) is 0.308. The van der Waals surface area contributed by atoms with Crippen molar-refractivity contribution in [1.82, 2.24) is 0 Å². The summed E-state index contributed by atoms with van der Waals surface area (Å²) >= 11 is 0. The third-order valence-electron chi connectivity index (χ3n) is 2.46. The zero-order valence-electron chi connectivity index (χ0n) is 10.2. The van der Waals surface area contributed by atoms with Gasteiger partial charge in [-0.2, -0.15) is 0 Å². The lowest BCUT2D eigenvalue weighted by Gasteiger charge is -2.13. The second kappa shape index (κ2) is 5.94. The Morgan fingerprint density at radius 1 is 1.24 bits per heavy atom. The van der Waals surface area contributed by atoms with Gasteiger partial charge in [0.25, 0.3) is 0 Å². The van der Waals surface area contributed by atoms with E-state index >= 15 is 0 Å². The zero-order valence-corrected chi connectivity index (χ0v) is 10.2. The summed E-state index contributed by atoms with van der Waals surface area (Å²) in [7, 11) is 4.45. The molecule has 4 heteroatoms. The first-order valence-electron chi connectivity index (χ1n) is 5.10. The molecule has 0 amide bonds. The first-order chi connectivity index (χ1) is 8.17. The summed E-state index contributed by atoms with van der Waals surface area (Å²) in [6.07, 6.45) is 1.53. The molecule has 0 spiro atoms. The summed E-state index contributed by atoms with van der Waals surface area (Å²) in [5, 5.41) is 0. The largest absolute Gasteiger partial charge is 0.493 e. The van der Waals surface area contributed by atoms with E-state index in [0.29, 0.717) is 11.5 Å². The average molecular weight is 236 g/mol. The van der Waals surface area contributed by atoms with E-state index in [0.717, 1.165) is 5.56 Å². The lowest BCUT2D eigenvalue weighted by Crippen LogP contribution is -2.12. The second-order valence-corrected chi connectivity index (χ2v) is 3.35. The van der Waals surface area contributed by atoms with Gasteiger partial charge in [-0.05, 0) is 17.7 Å². The molecule has 0 aromatic heterocycles. The summed E-state index contributed by atoms with van der Waals surface area (Å²) in [6.45, 7) is 3.63. The third kappa shape index (κ3) is 2.78. The summed E-state index contributed by atoms with van der Waals surface area (Å²) in [4.78, 5) is 11.5. The van der Waals surface area contributed by atoms with E-state index in [1.54, 1.807) is 32.4 Å². The van der Waals surface area contributed by atoms with E-state index in [1.165, 1.54) is 13.2 Å². The molecule has 0 fully saturated rings. The van der Waals surface area contributed by atoms with E-state index in [-0.39, 0.29) is 5.97 Å². The van der Waals surface area contributed by atoms with Gasteiger partial charge < -0.3 is 14.2 Å². The Bertz CT molecular complexity index is 412. The highest BCUT2D eigenvalue weighted by molar-refractivity contribution is 5.80. The van der Waals surface area contributed by atoms with Crippen molar-refractivity contribution in [2.24, 2.45) is 0 Å². The van der Waals surface area contributed by atoms with Crippen molar-refractivity contribution in [3.05, 3.63) is 36.4 Å². The number of ether oxygens (including phenoxy) is 3. The molecule has 0 radical (unpaired) electrons. The summed E-state index contributed by atoms with van der Waals surface area (Å²) < 4.78 is 15.0. The predicted molar refractivity (Wildman–Crippen MR) is 64.5 cm³/mol. The monoisotopic (exact) mass is 236 g/mol. The van der Waals surface area contributed by atoms with Crippen molar-refractivity contribution in [1.29, 1.82) is 0 Å². The SMILES string of the molecule is C=CC(C(=O)OC)c1ccc(OC)c(OC)c1. The van der Waals surface area contributed by atoms with Gasteiger partial charge in [-0.3, -0.25) is 4.79 Å². The molecule has 0 N–H and O–H groups in total. The summed E-state index contributed by atoms with van der Waals surface area (Å²) in [5.74, 6) is 0.330. The van der Waals surface area contributed by atoms with E-state index < -0.39 is 5.92 Å². The minimum absolute atomic E-state index is 0.354. The van der Waals surface area contributed by atoms with Crippen LogP contribution in [0.25, 0.3) is 0 Å². The van der Waals surface area contributed by atoms with Crippen LogP contribution in [0, 0.1) is 0 Å². The smallest absolute Gasteiger partial charge is 0.317 e. The van der Waals surface area contributed by atoms with Crippen LogP contribution in [0.2, 0.25) is 0 Å². The van der Waals surface area contributed by atoms with Gasteiger partial charge in [0.1, 0.15) is 0 Å². The number of hydrogen-bond acceptors (Lipinski definition) is 4. The van der Waals surface area contributed by atoms with Crippen molar-refractivity contribution >= 4 is 5.97 Å². The number of carbonyl (C=O) groups is 1. The number of benzene rings is 1. The molecule has 0 aliphatic rings. The Morgan fingerprint density at radius 3 is 2.35 bits per heavy atom. The number of esters is 1. The van der Waals surface area contributed by atoms with Gasteiger partial charge in [0.05, 0.1) is 27.2 Å². The minimum atomic E-state index is -0.500. The summed E-state index contributed by atoms with van der Waals surface area (Å²) in [5.41, 5.74) is 0.754. The highest BCUT2D eigenvalue weighted by Gasteiger charge is 2.19. The molecule has 1 unspecified atom stereocenters. The molecule has 0 aliphatic carbocycles. The quantitative estimate of drug-likeness (QED) is 0.580. The van der Waals surface area contributed by atoms with E-state index in [2.05, 4.69) is 6.58 Å². The zero-order chi connectivity index (χ0) is 12.8. The molecule has 1 aromatic rings. The average Bonchev–Trinajstić information content (AvgIpc) is 2.38. The highest BCUT2D eigenvalue weighted by Crippen LogP contribution is 2.31. The van der Waals surface area contributed by atoms with Gasteiger partial charge in [0.2, 0.25) is 0 Å². The molecule has 4 nitrogen and oxygen atoms in total. The molecular weight excluding hydrogens is 220 g/mol. The topological polar surface area (TPSA) is 44.8 Å². The van der Waals surface area contributed by atoms with Crippen molar-refractivity contribution in [3.63, 3.8) is 0 Å². The second-order valence-electron chi connectivity index (χ2n) is 3.35. The van der Waals surface area contributed by atoms with Crippen LogP contribution in [0.4, 0.5) is 0 Å². The molecule has 0 aliphatic heterocycles. The molecule has 0 saturated carbocycles. The number of methoxy groups -OCH3 is 3. The lowest BCUT2D eigenvalue weighted by molar-refractivity contribution is -0.141. The Morgan fingerprint density at radius 2 is 1.88 bits per heavy atom. The molecule has 1 atom stereocenters. The molecule has 0 bridgehead atoms. The first kappa shape index (κ1) is 13.1. The van der Waals surface area contributed by atoms with Gasteiger partial charge in [-0.1, -0.05) is 12.1 Å². The van der Waals surface area contributed by atoms with Gasteiger partial charge >= 0.3 is 5.97 Å². The highest BCUT2D eigenvalue weighted by atomic mass is 16.5. The fourth-order valence-electron chi connectivity index (χ4n) is 1.54. The number of carbonyl (C=O) groups excluding carboxylic acids is 1. The van der Waals surface area contributed by atoms with E-state index in [1.807, 2.05) is 0 Å². The van der Waals surface area contributed by atoms with Crippen LogP contribution in [0.5, 0.6) is 11.5 Å². The maximum absolute atomic E-state index is 11.5. The van der Waals surface area contributed by atoms with E-state index in [4.69, 9.17) is 14.2 Å². The molecule has 0 heterocycles. The third-order valence-corrected chi connectivity index (χ3v) is 2.46. The van der Waals surface area contributed by atoms with Crippen LogP contribution in [0.15, 0.2) is 30.9 Å². The van der Waals surface area contributed by atoms with Crippen LogP contribution in [-0.2, 0) is 9.53 Å². The Balaban J connectivity index is 3.13. The van der Waals surface area contributed by atoms with Crippen molar-refractivity contribution in [2.75, 3.05) is 21.3 Å². The molecular formula is C13H16O4. The maximum Gasteiger partial charge on any atom is 0.317 e. The maximum atomic E-state index is 11.5. The van der Waals surface area contributed by atoms with Crippen LogP contribution in [0.1, 0.15) is 11.5 Å². The minimum Gasteiger partial charge on any atom is -0.493 e. The first-order valence-corrected chi connectivity index (χ1v) is 5.10. The van der Waals surface area contributed by atoms with Gasteiger partial charge in [-0.15, -0.1) is 6.58 Å². The lowest BCUT2D eigenvalue weighted by atomic mass is 9.99. The van der Waals surface area contributed by atoms with Crippen molar-refractivity contribution in [2.45, 2.75) is 5.92 Å².